The fourth-order valence-electron chi connectivity index (χ4n) is 1.32. The standard InChI is InChI=1S/C13H17NO2/c1-11(2)13(14-10-15)9-16-8-12-6-4-3-5-7-12/h3-7,11,13H,8-9H2,1-2H3/t13-/m0/s1. The fourth-order valence-corrected chi connectivity index (χ4v) is 1.32. The lowest BCUT2D eigenvalue weighted by atomic mass is 10.1. The van der Waals surface area contributed by atoms with Crippen LogP contribution in [0.1, 0.15) is 19.4 Å². The molecule has 0 N–H and O–H groups in total. The van der Waals surface area contributed by atoms with E-state index < -0.39 is 0 Å². The molecule has 3 nitrogen and oxygen atoms in total. The van der Waals surface area contributed by atoms with Crippen molar-refractivity contribution in [1.29, 1.82) is 0 Å². The van der Waals surface area contributed by atoms with Crippen molar-refractivity contribution < 1.29 is 9.53 Å². The van der Waals surface area contributed by atoms with E-state index >= 15 is 0 Å². The molecule has 0 aliphatic heterocycles. The summed E-state index contributed by atoms with van der Waals surface area (Å²) in [6.07, 6.45) is 1.59. The molecule has 3 heteroatoms. The molecule has 0 amide bonds. The number of aliphatic imine (C=N–C) groups is 1. The Morgan fingerprint density at radius 2 is 2.00 bits per heavy atom. The molecule has 0 radical (unpaired) electrons. The topological polar surface area (TPSA) is 38.7 Å². The van der Waals surface area contributed by atoms with Crippen molar-refractivity contribution in [3.05, 3.63) is 35.9 Å². The maximum atomic E-state index is 10.2. The number of benzene rings is 1. The predicted molar refractivity (Wildman–Crippen MR) is 62.8 cm³/mol. The third kappa shape index (κ3) is 4.39. The van der Waals surface area contributed by atoms with Crippen LogP contribution in [0, 0.1) is 5.92 Å². The number of carbonyl (C=O) groups excluding carboxylic acids is 1. The Kier molecular flexibility index (Phi) is 5.48. The Morgan fingerprint density at radius 1 is 1.31 bits per heavy atom. The molecule has 0 saturated carbocycles. The molecule has 1 aromatic carbocycles. The summed E-state index contributed by atoms with van der Waals surface area (Å²) < 4.78 is 5.52. The summed E-state index contributed by atoms with van der Waals surface area (Å²) in [5.74, 6) is 0.289. The number of ether oxygens (including phenoxy) is 1. The zero-order valence-electron chi connectivity index (χ0n) is 9.72. The minimum absolute atomic E-state index is 0.0961. The summed E-state index contributed by atoms with van der Waals surface area (Å²) in [5.41, 5.74) is 1.13. The van der Waals surface area contributed by atoms with Crippen LogP contribution < -0.4 is 0 Å². The van der Waals surface area contributed by atoms with E-state index in [-0.39, 0.29) is 12.0 Å². The van der Waals surface area contributed by atoms with Crippen LogP contribution in [0.4, 0.5) is 0 Å². The van der Waals surface area contributed by atoms with Gasteiger partial charge in [0.15, 0.2) is 0 Å². The second-order valence-corrected chi connectivity index (χ2v) is 4.03. The second kappa shape index (κ2) is 6.94. The highest BCUT2D eigenvalue weighted by Gasteiger charge is 2.11. The second-order valence-electron chi connectivity index (χ2n) is 4.03. The Morgan fingerprint density at radius 3 is 2.56 bits per heavy atom. The minimum Gasteiger partial charge on any atom is -0.375 e. The van der Waals surface area contributed by atoms with Gasteiger partial charge in [-0.2, -0.15) is 4.99 Å². The molecule has 16 heavy (non-hydrogen) atoms. The van der Waals surface area contributed by atoms with E-state index in [0.717, 1.165) is 5.56 Å². The van der Waals surface area contributed by atoms with Crippen molar-refractivity contribution in [3.63, 3.8) is 0 Å². The molecule has 0 aromatic heterocycles. The lowest BCUT2D eigenvalue weighted by Gasteiger charge is -2.14. The smallest absolute Gasteiger partial charge is 0.235 e. The molecular formula is C13H17NO2. The van der Waals surface area contributed by atoms with Crippen molar-refractivity contribution in [3.8, 4) is 0 Å². The van der Waals surface area contributed by atoms with Crippen molar-refractivity contribution >= 4 is 6.08 Å². The van der Waals surface area contributed by atoms with Gasteiger partial charge in [0.25, 0.3) is 0 Å². The Labute approximate surface area is 96.2 Å². The average molecular weight is 219 g/mol. The number of hydrogen-bond acceptors (Lipinski definition) is 3. The molecule has 0 heterocycles. The van der Waals surface area contributed by atoms with Gasteiger partial charge >= 0.3 is 0 Å². The molecule has 86 valence electrons. The van der Waals surface area contributed by atoms with Gasteiger partial charge in [0, 0.05) is 0 Å². The highest BCUT2D eigenvalue weighted by molar-refractivity contribution is 5.33. The molecule has 0 bridgehead atoms. The Balaban J connectivity index is 2.36. The fraction of sp³-hybridized carbons (Fsp3) is 0.462. The van der Waals surface area contributed by atoms with Gasteiger partial charge in [-0.1, -0.05) is 44.2 Å². The summed E-state index contributed by atoms with van der Waals surface area (Å²) in [7, 11) is 0. The van der Waals surface area contributed by atoms with Gasteiger partial charge in [-0.25, -0.2) is 4.79 Å². The van der Waals surface area contributed by atoms with Crippen molar-refractivity contribution in [1.82, 2.24) is 0 Å². The van der Waals surface area contributed by atoms with Crippen LogP contribution >= 0.6 is 0 Å². The first kappa shape index (κ1) is 12.6. The maximum absolute atomic E-state index is 10.2. The van der Waals surface area contributed by atoms with Crippen LogP contribution in [0.2, 0.25) is 0 Å². The van der Waals surface area contributed by atoms with E-state index in [4.69, 9.17) is 4.74 Å². The quantitative estimate of drug-likeness (QED) is 0.545. The summed E-state index contributed by atoms with van der Waals surface area (Å²) >= 11 is 0. The molecule has 1 atom stereocenters. The van der Waals surface area contributed by atoms with Crippen LogP contribution in [0.15, 0.2) is 35.3 Å². The van der Waals surface area contributed by atoms with Gasteiger partial charge < -0.3 is 4.74 Å². The molecule has 0 aliphatic rings. The predicted octanol–water partition coefficient (Wildman–Crippen LogP) is 2.56. The first-order valence-corrected chi connectivity index (χ1v) is 5.42. The lowest BCUT2D eigenvalue weighted by Crippen LogP contribution is -2.19. The Bertz CT molecular complexity index is 342. The van der Waals surface area contributed by atoms with Crippen molar-refractivity contribution in [2.45, 2.75) is 26.5 Å². The summed E-state index contributed by atoms with van der Waals surface area (Å²) in [6, 6.07) is 9.84. The van der Waals surface area contributed by atoms with E-state index in [1.807, 2.05) is 44.2 Å². The van der Waals surface area contributed by atoms with Crippen LogP contribution in [-0.2, 0) is 16.1 Å². The third-order valence-electron chi connectivity index (χ3n) is 2.39. The zero-order valence-corrected chi connectivity index (χ0v) is 9.72. The molecule has 0 aliphatic carbocycles. The average Bonchev–Trinajstić information content (AvgIpc) is 2.29. The van der Waals surface area contributed by atoms with E-state index in [0.29, 0.717) is 13.2 Å². The number of hydrogen-bond donors (Lipinski definition) is 0. The monoisotopic (exact) mass is 219 g/mol. The minimum atomic E-state index is -0.0961. The maximum Gasteiger partial charge on any atom is 0.235 e. The summed E-state index contributed by atoms with van der Waals surface area (Å²) in [6.45, 7) is 5.04. The zero-order chi connectivity index (χ0) is 11.8. The van der Waals surface area contributed by atoms with Gasteiger partial charge in [0.2, 0.25) is 6.08 Å². The van der Waals surface area contributed by atoms with Gasteiger partial charge in [-0.3, -0.25) is 0 Å². The van der Waals surface area contributed by atoms with Gasteiger partial charge in [0.1, 0.15) is 0 Å². The van der Waals surface area contributed by atoms with Crippen LogP contribution in [0.25, 0.3) is 0 Å². The normalized spacial score (nSPS) is 12.2. The van der Waals surface area contributed by atoms with Gasteiger partial charge in [-0.15, -0.1) is 0 Å². The largest absolute Gasteiger partial charge is 0.375 e. The summed E-state index contributed by atoms with van der Waals surface area (Å²) in [4.78, 5) is 13.9. The lowest BCUT2D eigenvalue weighted by molar-refractivity contribution is 0.0979. The highest BCUT2D eigenvalue weighted by Crippen LogP contribution is 2.08. The van der Waals surface area contributed by atoms with Gasteiger partial charge in [0.05, 0.1) is 19.3 Å². The van der Waals surface area contributed by atoms with E-state index in [1.54, 1.807) is 6.08 Å². The van der Waals surface area contributed by atoms with Crippen LogP contribution in [0.5, 0.6) is 0 Å². The Hall–Kier alpha value is -1.44. The van der Waals surface area contributed by atoms with E-state index in [1.165, 1.54) is 0 Å². The SMILES string of the molecule is CC(C)[C@H](COCc1ccccc1)N=C=O. The summed E-state index contributed by atoms with van der Waals surface area (Å²) in [5, 5.41) is 0. The van der Waals surface area contributed by atoms with Gasteiger partial charge in [-0.05, 0) is 11.5 Å². The number of isocyanates is 1. The molecule has 1 aromatic rings. The first-order valence-electron chi connectivity index (χ1n) is 5.42. The third-order valence-corrected chi connectivity index (χ3v) is 2.39. The van der Waals surface area contributed by atoms with E-state index in [2.05, 4.69) is 4.99 Å². The highest BCUT2D eigenvalue weighted by atomic mass is 16.5. The molecule has 0 fully saturated rings. The van der Waals surface area contributed by atoms with Crippen molar-refractivity contribution in [2.75, 3.05) is 6.61 Å². The van der Waals surface area contributed by atoms with Crippen LogP contribution in [-0.4, -0.2) is 18.7 Å². The molecule has 0 spiro atoms. The number of rotatable bonds is 6. The molecular weight excluding hydrogens is 202 g/mol. The first-order chi connectivity index (χ1) is 7.74. The van der Waals surface area contributed by atoms with Crippen molar-refractivity contribution in [2.24, 2.45) is 10.9 Å². The van der Waals surface area contributed by atoms with Crippen LogP contribution in [0.3, 0.4) is 0 Å². The molecule has 1 rings (SSSR count). The molecule has 0 unspecified atom stereocenters. The van der Waals surface area contributed by atoms with E-state index in [9.17, 15) is 4.79 Å². The molecule has 0 saturated heterocycles. The number of nitrogens with zero attached hydrogens (tertiary/aromatic N) is 1.